The summed E-state index contributed by atoms with van der Waals surface area (Å²) in [6, 6.07) is 2.35. The van der Waals surface area contributed by atoms with E-state index in [1.54, 1.807) is 0 Å². The molecule has 134 valence electrons. The molecule has 4 nitrogen and oxygen atoms in total. The molecule has 1 aromatic rings. The van der Waals surface area contributed by atoms with Crippen LogP contribution in [0.3, 0.4) is 0 Å². The van der Waals surface area contributed by atoms with Crippen molar-refractivity contribution in [1.82, 2.24) is 10.2 Å². The Hall–Kier alpha value is -1.83. The van der Waals surface area contributed by atoms with Gasteiger partial charge in [-0.05, 0) is 18.9 Å². The van der Waals surface area contributed by atoms with Crippen LogP contribution in [0.4, 0.5) is 17.6 Å². The van der Waals surface area contributed by atoms with Gasteiger partial charge in [0.2, 0.25) is 5.91 Å². The van der Waals surface area contributed by atoms with Gasteiger partial charge in [0.25, 0.3) is 0 Å². The van der Waals surface area contributed by atoms with Crippen LogP contribution < -0.4 is 10.1 Å². The number of amides is 1. The third-order valence-corrected chi connectivity index (χ3v) is 4.11. The monoisotopic (exact) mass is 348 g/mol. The lowest BCUT2D eigenvalue weighted by Gasteiger charge is -2.40. The second-order valence-electron chi connectivity index (χ2n) is 5.90. The third-order valence-electron chi connectivity index (χ3n) is 4.11. The van der Waals surface area contributed by atoms with Crippen LogP contribution >= 0.6 is 0 Å². The number of hydrogen-bond acceptors (Lipinski definition) is 3. The number of ether oxygens (including phenoxy) is 1. The number of nitrogens with zero attached hydrogens (tertiary/aromatic N) is 1. The van der Waals surface area contributed by atoms with Gasteiger partial charge in [0.05, 0.1) is 7.11 Å². The van der Waals surface area contributed by atoms with Gasteiger partial charge in [-0.1, -0.05) is 12.1 Å². The maximum atomic E-state index is 14.3. The first kappa shape index (κ1) is 18.5. The molecule has 2 rings (SSSR count). The second kappa shape index (κ2) is 7.38. The van der Waals surface area contributed by atoms with Gasteiger partial charge < -0.3 is 10.1 Å². The van der Waals surface area contributed by atoms with Crippen molar-refractivity contribution in [3.8, 4) is 5.75 Å². The molecule has 0 radical (unpaired) electrons. The number of carbonyl (C=O) groups is 1. The van der Waals surface area contributed by atoms with Crippen LogP contribution in [-0.2, 0) is 11.3 Å². The highest BCUT2D eigenvalue weighted by atomic mass is 19.4. The molecule has 1 aliphatic heterocycles. The molecule has 1 fully saturated rings. The first-order chi connectivity index (χ1) is 11.2. The lowest BCUT2D eigenvalue weighted by atomic mass is 9.96. The van der Waals surface area contributed by atoms with Gasteiger partial charge in [-0.25, -0.2) is 4.39 Å². The highest BCUT2D eigenvalue weighted by Gasteiger charge is 2.46. The molecule has 0 unspecified atom stereocenters. The Kier molecular flexibility index (Phi) is 5.69. The van der Waals surface area contributed by atoms with Crippen LogP contribution in [0, 0.1) is 5.82 Å². The molecule has 1 amide bonds. The van der Waals surface area contributed by atoms with Crippen molar-refractivity contribution in [2.75, 3.05) is 13.7 Å². The SMILES string of the molecule is COc1cccc(CN2C[C@@H](NC(C)=O)CC[C@H]2C(F)(F)F)c1F. The Labute approximate surface area is 137 Å². The van der Waals surface area contributed by atoms with Gasteiger partial charge >= 0.3 is 6.18 Å². The van der Waals surface area contributed by atoms with Gasteiger partial charge in [-0.15, -0.1) is 0 Å². The summed E-state index contributed by atoms with van der Waals surface area (Å²) in [5.74, 6) is -0.966. The summed E-state index contributed by atoms with van der Waals surface area (Å²) >= 11 is 0. The predicted molar refractivity (Wildman–Crippen MR) is 80.0 cm³/mol. The zero-order chi connectivity index (χ0) is 17.9. The van der Waals surface area contributed by atoms with Crippen LogP contribution in [-0.4, -0.2) is 42.7 Å². The van der Waals surface area contributed by atoms with Crippen LogP contribution in [0.5, 0.6) is 5.75 Å². The molecule has 8 heteroatoms. The quantitative estimate of drug-likeness (QED) is 0.851. The van der Waals surface area contributed by atoms with E-state index in [9.17, 15) is 22.4 Å². The zero-order valence-corrected chi connectivity index (χ0v) is 13.5. The fraction of sp³-hybridized carbons (Fsp3) is 0.562. The Balaban J connectivity index is 2.22. The molecule has 0 spiro atoms. The normalized spacial score (nSPS) is 22.2. The predicted octanol–water partition coefficient (Wildman–Crippen LogP) is 2.87. The maximum Gasteiger partial charge on any atom is 0.404 e. The topological polar surface area (TPSA) is 41.6 Å². The van der Waals surface area contributed by atoms with E-state index >= 15 is 0 Å². The number of methoxy groups -OCH3 is 1. The van der Waals surface area contributed by atoms with Gasteiger partial charge in [0, 0.05) is 31.6 Å². The first-order valence-corrected chi connectivity index (χ1v) is 7.61. The number of alkyl halides is 3. The fourth-order valence-electron chi connectivity index (χ4n) is 3.05. The number of halogens is 4. The van der Waals surface area contributed by atoms with E-state index in [0.717, 1.165) is 0 Å². The van der Waals surface area contributed by atoms with Crippen molar-refractivity contribution < 1.29 is 27.1 Å². The lowest BCUT2D eigenvalue weighted by molar-refractivity contribution is -0.194. The summed E-state index contributed by atoms with van der Waals surface area (Å²) in [6.07, 6.45) is -4.31. The summed E-state index contributed by atoms with van der Waals surface area (Å²) in [5, 5.41) is 2.64. The number of hydrogen-bond donors (Lipinski definition) is 1. The molecule has 0 aliphatic carbocycles. The summed E-state index contributed by atoms with van der Waals surface area (Å²) in [4.78, 5) is 12.3. The molecule has 0 bridgehead atoms. The second-order valence-corrected chi connectivity index (χ2v) is 5.90. The lowest BCUT2D eigenvalue weighted by Crippen LogP contribution is -2.55. The molecule has 0 aromatic heterocycles. The molecule has 1 heterocycles. The van der Waals surface area contributed by atoms with E-state index in [1.807, 2.05) is 0 Å². The average molecular weight is 348 g/mol. The number of likely N-dealkylation sites (tertiary alicyclic amines) is 1. The van der Waals surface area contributed by atoms with Crippen molar-refractivity contribution in [1.29, 1.82) is 0 Å². The summed E-state index contributed by atoms with van der Waals surface area (Å²) < 4.78 is 59.0. The molecule has 24 heavy (non-hydrogen) atoms. The summed E-state index contributed by atoms with van der Waals surface area (Å²) in [5.41, 5.74) is 0.132. The number of nitrogens with one attached hydrogen (secondary N) is 1. The highest BCUT2D eigenvalue weighted by Crippen LogP contribution is 2.33. The molecule has 0 saturated carbocycles. The van der Waals surface area contributed by atoms with Crippen molar-refractivity contribution >= 4 is 5.91 Å². The minimum absolute atomic E-state index is 0.00789. The van der Waals surface area contributed by atoms with Gasteiger partial charge in [0.1, 0.15) is 6.04 Å². The van der Waals surface area contributed by atoms with Gasteiger partial charge in [-0.3, -0.25) is 9.69 Å². The largest absolute Gasteiger partial charge is 0.494 e. The molecule has 1 aromatic carbocycles. The van der Waals surface area contributed by atoms with E-state index in [1.165, 1.54) is 37.1 Å². The van der Waals surface area contributed by atoms with E-state index in [0.29, 0.717) is 0 Å². The minimum atomic E-state index is -4.41. The van der Waals surface area contributed by atoms with Crippen LogP contribution in [0.1, 0.15) is 25.3 Å². The minimum Gasteiger partial charge on any atom is -0.494 e. The van der Waals surface area contributed by atoms with E-state index in [-0.39, 0.29) is 49.2 Å². The number of carbonyl (C=O) groups excluding carboxylic acids is 1. The zero-order valence-electron chi connectivity index (χ0n) is 13.5. The van der Waals surface area contributed by atoms with Gasteiger partial charge in [0.15, 0.2) is 11.6 Å². The Bertz CT molecular complexity index is 592. The molecule has 1 N–H and O–H groups in total. The standard InChI is InChI=1S/C16H20F4N2O2/c1-10(23)21-12-6-7-14(16(18,19)20)22(9-12)8-11-4-3-5-13(24-2)15(11)17/h3-5,12,14H,6-9H2,1-2H3,(H,21,23)/t12-,14-/m0/s1. The van der Waals surface area contributed by atoms with Crippen LogP contribution in [0.15, 0.2) is 18.2 Å². The van der Waals surface area contributed by atoms with Crippen molar-refractivity contribution in [3.05, 3.63) is 29.6 Å². The molecular weight excluding hydrogens is 328 g/mol. The molecule has 1 saturated heterocycles. The number of benzene rings is 1. The third kappa shape index (κ3) is 4.37. The Morgan fingerprint density at radius 2 is 2.08 bits per heavy atom. The summed E-state index contributed by atoms with van der Waals surface area (Å²) in [7, 11) is 1.30. The smallest absolute Gasteiger partial charge is 0.404 e. The van der Waals surface area contributed by atoms with E-state index < -0.39 is 18.0 Å². The van der Waals surface area contributed by atoms with Crippen molar-refractivity contribution in [2.24, 2.45) is 0 Å². The molecule has 1 aliphatic rings. The Morgan fingerprint density at radius 3 is 2.67 bits per heavy atom. The average Bonchev–Trinajstić information content (AvgIpc) is 2.48. The Morgan fingerprint density at radius 1 is 1.38 bits per heavy atom. The number of rotatable bonds is 4. The molecular formula is C16H20F4N2O2. The first-order valence-electron chi connectivity index (χ1n) is 7.61. The molecule has 2 atom stereocenters. The maximum absolute atomic E-state index is 14.3. The van der Waals surface area contributed by atoms with Crippen molar-refractivity contribution in [3.63, 3.8) is 0 Å². The van der Waals surface area contributed by atoms with Crippen LogP contribution in [0.25, 0.3) is 0 Å². The van der Waals surface area contributed by atoms with Crippen molar-refractivity contribution in [2.45, 2.75) is 44.6 Å². The van der Waals surface area contributed by atoms with Gasteiger partial charge in [-0.2, -0.15) is 13.2 Å². The van der Waals surface area contributed by atoms with E-state index in [2.05, 4.69) is 5.32 Å². The van der Waals surface area contributed by atoms with E-state index in [4.69, 9.17) is 4.74 Å². The summed E-state index contributed by atoms with van der Waals surface area (Å²) in [6.45, 7) is 1.13. The highest BCUT2D eigenvalue weighted by molar-refractivity contribution is 5.73. The number of piperidine rings is 1. The fourth-order valence-corrected chi connectivity index (χ4v) is 3.05. The van der Waals surface area contributed by atoms with Crippen LogP contribution in [0.2, 0.25) is 0 Å².